The molecule has 1 saturated heterocycles. The van der Waals surface area contributed by atoms with Crippen molar-refractivity contribution in [3.8, 4) is 0 Å². The summed E-state index contributed by atoms with van der Waals surface area (Å²) in [6.07, 6.45) is 0.819. The number of carbonyl (C=O) groups is 2. The Morgan fingerprint density at radius 2 is 2.04 bits per heavy atom. The topological polar surface area (TPSA) is 55.8 Å². The van der Waals surface area contributed by atoms with Crippen LogP contribution in [0.4, 0.5) is 9.18 Å². The first kappa shape index (κ1) is 19.7. The van der Waals surface area contributed by atoms with Crippen molar-refractivity contribution in [3.05, 3.63) is 34.1 Å². The second-order valence-electron chi connectivity index (χ2n) is 7.18. The van der Waals surface area contributed by atoms with E-state index < -0.39 is 23.2 Å². The summed E-state index contributed by atoms with van der Waals surface area (Å²) in [5.41, 5.74) is -1.08. The third-order valence-electron chi connectivity index (χ3n) is 4.15. The molecule has 0 aromatic heterocycles. The minimum absolute atomic E-state index is 0.234. The Kier molecular flexibility index (Phi) is 5.76. The van der Waals surface area contributed by atoms with E-state index in [1.54, 1.807) is 32.9 Å². The van der Waals surface area contributed by atoms with E-state index in [9.17, 15) is 14.0 Å². The van der Waals surface area contributed by atoms with Gasteiger partial charge in [-0.2, -0.15) is 0 Å². The molecule has 0 saturated carbocycles. The maximum atomic E-state index is 13.5. The summed E-state index contributed by atoms with van der Waals surface area (Å²) < 4.78 is 24.3. The van der Waals surface area contributed by atoms with Crippen LogP contribution in [0.1, 0.15) is 39.2 Å². The van der Waals surface area contributed by atoms with Gasteiger partial charge in [-0.1, -0.05) is 6.07 Å². The van der Waals surface area contributed by atoms with E-state index in [0.29, 0.717) is 23.9 Å². The van der Waals surface area contributed by atoms with Gasteiger partial charge in [-0.3, -0.25) is 4.90 Å². The van der Waals surface area contributed by atoms with E-state index in [2.05, 4.69) is 15.9 Å². The molecule has 7 heteroatoms. The van der Waals surface area contributed by atoms with Gasteiger partial charge in [-0.05, 0) is 67.2 Å². The van der Waals surface area contributed by atoms with Gasteiger partial charge >= 0.3 is 12.1 Å². The van der Waals surface area contributed by atoms with Gasteiger partial charge in [0.15, 0.2) is 0 Å². The highest BCUT2D eigenvalue weighted by Crippen LogP contribution is 2.36. The number of halogens is 2. The molecule has 138 valence electrons. The molecule has 0 bridgehead atoms. The van der Waals surface area contributed by atoms with Gasteiger partial charge in [-0.25, -0.2) is 14.0 Å². The van der Waals surface area contributed by atoms with Gasteiger partial charge < -0.3 is 9.47 Å². The van der Waals surface area contributed by atoms with Gasteiger partial charge in [0.2, 0.25) is 0 Å². The monoisotopic (exact) mass is 415 g/mol. The van der Waals surface area contributed by atoms with Gasteiger partial charge in [-0.15, -0.1) is 0 Å². The van der Waals surface area contributed by atoms with Crippen molar-refractivity contribution in [2.75, 3.05) is 13.7 Å². The zero-order valence-corrected chi connectivity index (χ0v) is 16.5. The number of ether oxygens (including phenoxy) is 2. The minimum atomic E-state index is -1.14. The molecular formula is C18H23BrFNO4. The fourth-order valence-electron chi connectivity index (χ4n) is 3.11. The summed E-state index contributed by atoms with van der Waals surface area (Å²) in [6.45, 7) is 5.74. The van der Waals surface area contributed by atoms with E-state index in [0.717, 1.165) is 5.56 Å². The first-order valence-electron chi connectivity index (χ1n) is 8.12. The molecule has 1 aliphatic heterocycles. The predicted molar refractivity (Wildman–Crippen MR) is 94.7 cm³/mol. The lowest BCUT2D eigenvalue weighted by Gasteiger charge is -2.37. The van der Waals surface area contributed by atoms with Gasteiger partial charge in [0.25, 0.3) is 0 Å². The number of carbonyl (C=O) groups excluding carboxylic acids is 2. The molecule has 1 atom stereocenters. The Morgan fingerprint density at radius 1 is 1.36 bits per heavy atom. The lowest BCUT2D eigenvalue weighted by molar-refractivity contribution is -0.153. The molecule has 1 heterocycles. The number of amides is 1. The van der Waals surface area contributed by atoms with E-state index >= 15 is 0 Å². The molecule has 1 fully saturated rings. The molecule has 25 heavy (non-hydrogen) atoms. The van der Waals surface area contributed by atoms with Crippen molar-refractivity contribution >= 4 is 28.0 Å². The SMILES string of the molecule is COC(=O)C1(Cc2ccc(F)c(Br)c2)CCCN1C(=O)OC(C)(C)C. The van der Waals surface area contributed by atoms with Crippen molar-refractivity contribution in [2.45, 2.75) is 51.2 Å². The number of hydrogen-bond acceptors (Lipinski definition) is 4. The maximum absolute atomic E-state index is 13.5. The van der Waals surface area contributed by atoms with Crippen molar-refractivity contribution in [2.24, 2.45) is 0 Å². The van der Waals surface area contributed by atoms with Crippen LogP contribution in [0, 0.1) is 5.82 Å². The Labute approximate surface area is 155 Å². The summed E-state index contributed by atoms with van der Waals surface area (Å²) >= 11 is 3.15. The van der Waals surface area contributed by atoms with Gasteiger partial charge in [0.1, 0.15) is 17.0 Å². The average molecular weight is 416 g/mol. The second-order valence-corrected chi connectivity index (χ2v) is 8.04. The number of benzene rings is 1. The Bertz CT molecular complexity index is 674. The van der Waals surface area contributed by atoms with Crippen molar-refractivity contribution in [3.63, 3.8) is 0 Å². The Hall–Kier alpha value is -1.63. The molecule has 1 unspecified atom stereocenters. The van der Waals surface area contributed by atoms with E-state index in [1.807, 2.05) is 0 Å². The molecule has 0 N–H and O–H groups in total. The molecular weight excluding hydrogens is 393 g/mol. The molecule has 2 rings (SSSR count). The molecule has 0 radical (unpaired) electrons. The second kappa shape index (κ2) is 7.32. The third kappa shape index (κ3) is 4.32. The van der Waals surface area contributed by atoms with Crippen molar-refractivity contribution in [1.29, 1.82) is 0 Å². The molecule has 0 spiro atoms. The summed E-state index contributed by atoms with van der Waals surface area (Å²) in [5.74, 6) is -0.873. The summed E-state index contributed by atoms with van der Waals surface area (Å²) in [5, 5.41) is 0. The number of likely N-dealkylation sites (tertiary alicyclic amines) is 1. The minimum Gasteiger partial charge on any atom is -0.467 e. The normalized spacial score (nSPS) is 20.5. The molecule has 1 aromatic rings. The van der Waals surface area contributed by atoms with E-state index in [-0.39, 0.29) is 12.2 Å². The predicted octanol–water partition coefficient (Wildman–Crippen LogP) is 4.07. The number of methoxy groups -OCH3 is 1. The van der Waals surface area contributed by atoms with Crippen LogP contribution < -0.4 is 0 Å². The lowest BCUT2D eigenvalue weighted by atomic mass is 9.88. The standard InChI is InChI=1S/C18H23BrFNO4/c1-17(2,3)25-16(23)21-9-5-8-18(21,15(22)24-4)11-12-6-7-14(20)13(19)10-12/h6-7,10H,5,8-9,11H2,1-4H3. The Balaban J connectivity index is 2.37. The van der Waals surface area contributed by atoms with Crippen LogP contribution >= 0.6 is 15.9 Å². The number of rotatable bonds is 3. The van der Waals surface area contributed by atoms with Crippen LogP contribution in [0.25, 0.3) is 0 Å². The highest BCUT2D eigenvalue weighted by molar-refractivity contribution is 9.10. The van der Waals surface area contributed by atoms with Crippen LogP contribution in [0.2, 0.25) is 0 Å². The zero-order valence-electron chi connectivity index (χ0n) is 14.9. The van der Waals surface area contributed by atoms with Gasteiger partial charge in [0.05, 0.1) is 11.6 Å². The van der Waals surface area contributed by atoms with Crippen LogP contribution in [0.15, 0.2) is 22.7 Å². The van der Waals surface area contributed by atoms with E-state index in [4.69, 9.17) is 9.47 Å². The van der Waals surface area contributed by atoms with Gasteiger partial charge in [0, 0.05) is 13.0 Å². The van der Waals surface area contributed by atoms with Crippen LogP contribution in [-0.2, 0) is 20.7 Å². The van der Waals surface area contributed by atoms with Crippen LogP contribution in [0.5, 0.6) is 0 Å². The fourth-order valence-corrected chi connectivity index (χ4v) is 3.53. The Morgan fingerprint density at radius 3 is 2.60 bits per heavy atom. The quantitative estimate of drug-likeness (QED) is 0.698. The highest BCUT2D eigenvalue weighted by Gasteiger charge is 2.52. The number of hydrogen-bond donors (Lipinski definition) is 0. The molecule has 5 nitrogen and oxygen atoms in total. The van der Waals surface area contributed by atoms with Crippen molar-refractivity contribution < 1.29 is 23.5 Å². The number of esters is 1. The van der Waals surface area contributed by atoms with E-state index in [1.165, 1.54) is 18.1 Å². The smallest absolute Gasteiger partial charge is 0.411 e. The average Bonchev–Trinajstić information content (AvgIpc) is 2.93. The molecule has 1 aliphatic rings. The molecule has 1 amide bonds. The summed E-state index contributed by atoms with van der Waals surface area (Å²) in [4.78, 5) is 26.7. The zero-order chi connectivity index (χ0) is 18.8. The summed E-state index contributed by atoms with van der Waals surface area (Å²) in [7, 11) is 1.30. The van der Waals surface area contributed by atoms with Crippen molar-refractivity contribution in [1.82, 2.24) is 4.90 Å². The first-order chi connectivity index (χ1) is 11.6. The third-order valence-corrected chi connectivity index (χ3v) is 4.76. The number of nitrogens with zero attached hydrogens (tertiary/aromatic N) is 1. The lowest BCUT2D eigenvalue weighted by Crippen LogP contribution is -2.56. The molecule has 1 aromatic carbocycles. The van der Waals surface area contributed by atoms with Crippen LogP contribution in [-0.4, -0.2) is 41.8 Å². The summed E-state index contributed by atoms with van der Waals surface area (Å²) in [6, 6.07) is 4.55. The largest absolute Gasteiger partial charge is 0.467 e. The maximum Gasteiger partial charge on any atom is 0.411 e. The highest BCUT2D eigenvalue weighted by atomic mass is 79.9. The van der Waals surface area contributed by atoms with Crippen LogP contribution in [0.3, 0.4) is 0 Å². The first-order valence-corrected chi connectivity index (χ1v) is 8.91. The fraction of sp³-hybridized carbons (Fsp3) is 0.556. The molecule has 0 aliphatic carbocycles.